The number of ether oxygens (including phenoxy) is 3. The molecule has 1 atom stereocenters. The number of nitrogens with one attached hydrogen (secondary N) is 2. The van der Waals surface area contributed by atoms with Gasteiger partial charge < -0.3 is 38.7 Å². The van der Waals surface area contributed by atoms with Crippen LogP contribution in [0, 0.1) is 5.82 Å². The van der Waals surface area contributed by atoms with Gasteiger partial charge in [0.05, 0.1) is 31.0 Å². The second-order valence-corrected chi connectivity index (χ2v) is 14.5. The first-order valence-electron chi connectivity index (χ1n) is 18.9. The van der Waals surface area contributed by atoms with Gasteiger partial charge in [-0.2, -0.15) is 0 Å². The number of hydrogen-bond acceptors (Lipinski definition) is 10. The highest BCUT2D eigenvalue weighted by Crippen LogP contribution is 2.49. The molecule has 3 aromatic carbocycles. The second kappa shape index (κ2) is 14.7. The molecule has 0 bridgehead atoms. The number of rotatable bonds is 10. The average molecular weight is 739 g/mol. The van der Waals surface area contributed by atoms with Crippen molar-refractivity contribution in [2.24, 2.45) is 0 Å². The molecule has 6 heterocycles. The van der Waals surface area contributed by atoms with Gasteiger partial charge in [-0.25, -0.2) is 4.39 Å². The fourth-order valence-electron chi connectivity index (χ4n) is 8.17. The zero-order valence-electron chi connectivity index (χ0n) is 30.0. The standard InChI is InChI=1S/C40H43FN6O7/c41-30-19-28-36-39(37(30)46-13-7-25(22-46)43-35(48)8-12-44-14-17-51-18-15-44)54-34-20-27-26-5-1-2-6-32(26)53-33(27)21-31(34)47(36)23-29(38(28)49)40(50)42-9-3-10-45-11-4-16-52-24-45/h1-2,5-6,19-21,23,25H,3-4,7-18,22,24H2,(H,42,50)(H,43,48)/t25-/m1/s1. The minimum absolute atomic E-state index is 0.0341. The van der Waals surface area contributed by atoms with Crippen molar-refractivity contribution in [1.29, 1.82) is 0 Å². The van der Waals surface area contributed by atoms with Crippen molar-refractivity contribution in [1.82, 2.24) is 25.0 Å². The van der Waals surface area contributed by atoms with E-state index in [1.807, 2.05) is 41.3 Å². The number of hydrogen-bond donors (Lipinski definition) is 2. The Hall–Kier alpha value is -5.02. The van der Waals surface area contributed by atoms with Crippen LogP contribution in [0.15, 0.2) is 57.9 Å². The van der Waals surface area contributed by atoms with Crippen LogP contribution < -0.4 is 25.7 Å². The molecule has 0 spiro atoms. The van der Waals surface area contributed by atoms with Crippen LogP contribution in [0.1, 0.15) is 36.0 Å². The molecule has 2 N–H and O–H groups in total. The SMILES string of the molecule is O=C(CCN1CCOCC1)N[C@@H]1CCN(c2c(F)cc3c(=O)c(C(=O)NCCCN4CCCOC4)cn4c3c2Oc2cc3c(cc2-4)oc2ccccc23)C1. The van der Waals surface area contributed by atoms with E-state index in [1.165, 1.54) is 12.3 Å². The zero-order chi connectivity index (χ0) is 36.8. The number of halogens is 1. The number of amides is 2. The summed E-state index contributed by atoms with van der Waals surface area (Å²) in [7, 11) is 0. The predicted octanol–water partition coefficient (Wildman–Crippen LogP) is 4.35. The summed E-state index contributed by atoms with van der Waals surface area (Å²) < 4.78 is 42.0. The maximum atomic E-state index is 16.5. The van der Waals surface area contributed by atoms with Crippen molar-refractivity contribution >= 4 is 50.3 Å². The molecule has 3 saturated heterocycles. The number of aromatic nitrogens is 1. The van der Waals surface area contributed by atoms with Gasteiger partial charge in [0, 0.05) is 94.5 Å². The molecule has 13 nitrogen and oxygen atoms in total. The van der Waals surface area contributed by atoms with Crippen LogP contribution in [0.3, 0.4) is 0 Å². The Balaban J connectivity index is 1.04. The van der Waals surface area contributed by atoms with Crippen LogP contribution in [-0.2, 0) is 14.3 Å². The van der Waals surface area contributed by atoms with E-state index in [0.29, 0.717) is 93.5 Å². The lowest BCUT2D eigenvalue weighted by molar-refractivity contribution is -0.122. The van der Waals surface area contributed by atoms with E-state index in [2.05, 4.69) is 20.4 Å². The van der Waals surface area contributed by atoms with Gasteiger partial charge in [0.1, 0.15) is 27.9 Å². The van der Waals surface area contributed by atoms with E-state index in [4.69, 9.17) is 18.6 Å². The molecule has 2 aromatic heterocycles. The molecular formula is C40H43FN6O7. The lowest BCUT2D eigenvalue weighted by atomic mass is 10.0. The van der Waals surface area contributed by atoms with E-state index in [1.54, 1.807) is 4.57 Å². The maximum absolute atomic E-state index is 16.5. The third-order valence-electron chi connectivity index (χ3n) is 10.9. The van der Waals surface area contributed by atoms with Crippen LogP contribution in [0.5, 0.6) is 11.5 Å². The summed E-state index contributed by atoms with van der Waals surface area (Å²) in [6.07, 6.45) is 4.18. The number of fused-ring (bicyclic) bond motifs is 5. The summed E-state index contributed by atoms with van der Waals surface area (Å²) in [6, 6.07) is 12.4. The Morgan fingerprint density at radius 3 is 2.63 bits per heavy atom. The van der Waals surface area contributed by atoms with Crippen LogP contribution in [0.4, 0.5) is 10.1 Å². The van der Waals surface area contributed by atoms with Crippen molar-refractivity contribution in [3.8, 4) is 17.2 Å². The number of para-hydroxylation sites is 1. The van der Waals surface area contributed by atoms with Gasteiger partial charge in [-0.05, 0) is 37.5 Å². The quantitative estimate of drug-likeness (QED) is 0.196. The molecule has 2 amide bonds. The Morgan fingerprint density at radius 1 is 0.907 bits per heavy atom. The fraction of sp³-hybridized carbons (Fsp3) is 0.425. The van der Waals surface area contributed by atoms with E-state index < -0.39 is 17.2 Å². The van der Waals surface area contributed by atoms with Gasteiger partial charge in [0.15, 0.2) is 17.3 Å². The van der Waals surface area contributed by atoms with Crippen LogP contribution in [-0.4, -0.2) is 111 Å². The van der Waals surface area contributed by atoms with E-state index in [-0.39, 0.29) is 34.3 Å². The Labute approximate surface area is 310 Å². The number of nitrogens with zero attached hydrogens (tertiary/aromatic N) is 4. The van der Waals surface area contributed by atoms with Crippen LogP contribution in [0.25, 0.3) is 38.5 Å². The summed E-state index contributed by atoms with van der Waals surface area (Å²) in [4.78, 5) is 46.9. The number of carbonyl (C=O) groups is 2. The Morgan fingerprint density at radius 2 is 1.78 bits per heavy atom. The third kappa shape index (κ3) is 6.57. The van der Waals surface area contributed by atoms with Gasteiger partial charge in [0.2, 0.25) is 11.3 Å². The van der Waals surface area contributed by atoms with E-state index in [0.717, 1.165) is 50.0 Å². The number of pyridine rings is 1. The maximum Gasteiger partial charge on any atom is 0.256 e. The number of furan rings is 1. The predicted molar refractivity (Wildman–Crippen MR) is 201 cm³/mol. The summed E-state index contributed by atoms with van der Waals surface area (Å²) >= 11 is 0. The molecule has 0 radical (unpaired) electrons. The average Bonchev–Trinajstić information content (AvgIpc) is 3.80. The summed E-state index contributed by atoms with van der Waals surface area (Å²) in [6.45, 7) is 7.87. The summed E-state index contributed by atoms with van der Waals surface area (Å²) in [5.74, 6) is -0.594. The smallest absolute Gasteiger partial charge is 0.256 e. The summed E-state index contributed by atoms with van der Waals surface area (Å²) in [5.41, 5.74) is 1.76. The number of anilines is 1. The third-order valence-corrected chi connectivity index (χ3v) is 10.9. The monoisotopic (exact) mass is 738 g/mol. The zero-order valence-corrected chi connectivity index (χ0v) is 30.0. The minimum Gasteiger partial charge on any atom is -0.456 e. The number of carbonyl (C=O) groups excluding carboxylic acids is 2. The first kappa shape index (κ1) is 34.7. The Bertz CT molecular complexity index is 2310. The molecule has 282 valence electrons. The lowest BCUT2D eigenvalue weighted by Gasteiger charge is -2.29. The first-order chi connectivity index (χ1) is 26.4. The molecule has 14 heteroatoms. The van der Waals surface area contributed by atoms with Crippen LogP contribution >= 0.6 is 0 Å². The molecule has 0 aliphatic carbocycles. The molecule has 54 heavy (non-hydrogen) atoms. The van der Waals surface area contributed by atoms with Crippen molar-refractivity contribution in [3.05, 3.63) is 70.3 Å². The molecule has 4 aliphatic heterocycles. The molecule has 9 rings (SSSR count). The van der Waals surface area contributed by atoms with Crippen LogP contribution in [0.2, 0.25) is 0 Å². The van der Waals surface area contributed by atoms with Crippen molar-refractivity contribution in [2.75, 3.05) is 83.8 Å². The summed E-state index contributed by atoms with van der Waals surface area (Å²) in [5, 5.41) is 7.79. The molecule has 5 aromatic rings. The Kier molecular flexibility index (Phi) is 9.43. The number of morpholine rings is 1. The highest BCUT2D eigenvalue weighted by molar-refractivity contribution is 6.07. The highest BCUT2D eigenvalue weighted by Gasteiger charge is 2.34. The largest absolute Gasteiger partial charge is 0.456 e. The van der Waals surface area contributed by atoms with E-state index >= 15 is 4.39 Å². The molecule has 4 aliphatic rings. The molecular weight excluding hydrogens is 695 g/mol. The van der Waals surface area contributed by atoms with Gasteiger partial charge in [-0.3, -0.25) is 24.2 Å². The highest BCUT2D eigenvalue weighted by atomic mass is 19.1. The van der Waals surface area contributed by atoms with Gasteiger partial charge in [-0.15, -0.1) is 0 Å². The van der Waals surface area contributed by atoms with Crippen molar-refractivity contribution < 1.29 is 32.6 Å². The van der Waals surface area contributed by atoms with Crippen molar-refractivity contribution in [2.45, 2.75) is 31.7 Å². The molecule has 0 saturated carbocycles. The van der Waals surface area contributed by atoms with Gasteiger partial charge in [0.25, 0.3) is 5.91 Å². The lowest BCUT2D eigenvalue weighted by Crippen LogP contribution is -2.41. The number of benzene rings is 3. The molecule has 3 fully saturated rings. The second-order valence-electron chi connectivity index (χ2n) is 14.5. The minimum atomic E-state index is -0.639. The topological polar surface area (TPSA) is 131 Å². The normalized spacial score (nSPS) is 19.0. The van der Waals surface area contributed by atoms with Gasteiger partial charge in [-0.1, -0.05) is 18.2 Å². The van der Waals surface area contributed by atoms with Crippen molar-refractivity contribution in [3.63, 3.8) is 0 Å². The molecule has 0 unspecified atom stereocenters. The van der Waals surface area contributed by atoms with E-state index in [9.17, 15) is 14.4 Å². The fourth-order valence-corrected chi connectivity index (χ4v) is 8.17. The van der Waals surface area contributed by atoms with Gasteiger partial charge >= 0.3 is 0 Å². The first-order valence-corrected chi connectivity index (χ1v) is 18.9.